The van der Waals surface area contributed by atoms with Gasteiger partial charge in [-0.25, -0.2) is 9.78 Å². The summed E-state index contributed by atoms with van der Waals surface area (Å²) in [6.45, 7) is 1.71. The molecule has 0 unspecified atom stereocenters. The number of anilines is 1. The lowest BCUT2D eigenvalue weighted by molar-refractivity contribution is 0.201. The maximum atomic E-state index is 12.7. The van der Waals surface area contributed by atoms with E-state index < -0.39 is 0 Å². The highest BCUT2D eigenvalue weighted by Crippen LogP contribution is 2.22. The Morgan fingerprint density at radius 3 is 2.41 bits per heavy atom. The standard InChI is InChI=1S/C23H24N4O2/c1-29-13-12-19-14-20-21(22(25-19)24-15-17-8-4-2-5-9-17)26-23(28)27(20)16-18-10-6-3-7-11-18/h2-11,14H,12-13,15-16H2,1H3,(H,24,25)(H,26,28). The Kier molecular flexibility index (Phi) is 5.72. The van der Waals surface area contributed by atoms with E-state index >= 15 is 0 Å². The van der Waals surface area contributed by atoms with E-state index in [2.05, 4.69) is 22.4 Å². The molecule has 4 rings (SSSR count). The van der Waals surface area contributed by atoms with Crippen LogP contribution in [0.5, 0.6) is 0 Å². The van der Waals surface area contributed by atoms with Crippen molar-refractivity contribution >= 4 is 16.9 Å². The Morgan fingerprint density at radius 1 is 1.03 bits per heavy atom. The quantitative estimate of drug-likeness (QED) is 0.484. The van der Waals surface area contributed by atoms with E-state index in [-0.39, 0.29) is 5.69 Å². The van der Waals surface area contributed by atoms with E-state index in [4.69, 9.17) is 9.72 Å². The van der Waals surface area contributed by atoms with Crippen molar-refractivity contribution in [1.29, 1.82) is 0 Å². The molecule has 2 aromatic heterocycles. The van der Waals surface area contributed by atoms with Gasteiger partial charge in [0.1, 0.15) is 5.52 Å². The maximum Gasteiger partial charge on any atom is 0.326 e. The molecule has 0 bridgehead atoms. The molecule has 2 heterocycles. The SMILES string of the molecule is COCCc1cc2c([nH]c(=O)n2Cc2ccccc2)c(NCc2ccccc2)n1. The maximum absolute atomic E-state index is 12.7. The van der Waals surface area contributed by atoms with Crippen molar-refractivity contribution in [1.82, 2.24) is 14.5 Å². The molecule has 4 aromatic rings. The molecule has 29 heavy (non-hydrogen) atoms. The Bertz CT molecular complexity index is 1130. The van der Waals surface area contributed by atoms with E-state index in [0.29, 0.717) is 31.9 Å². The van der Waals surface area contributed by atoms with Crippen LogP contribution in [0.1, 0.15) is 16.8 Å². The van der Waals surface area contributed by atoms with Crippen LogP contribution in [-0.2, 0) is 24.2 Å². The molecule has 0 aliphatic rings. The molecule has 0 spiro atoms. The van der Waals surface area contributed by atoms with Crippen molar-refractivity contribution in [2.24, 2.45) is 0 Å². The Labute approximate surface area is 169 Å². The number of H-pyrrole nitrogens is 1. The molecule has 0 fully saturated rings. The lowest BCUT2D eigenvalue weighted by atomic mass is 10.2. The third-order valence-electron chi connectivity index (χ3n) is 4.87. The lowest BCUT2D eigenvalue weighted by Gasteiger charge is -2.11. The van der Waals surface area contributed by atoms with Crippen LogP contribution in [0.25, 0.3) is 11.0 Å². The van der Waals surface area contributed by atoms with Crippen LogP contribution in [0.15, 0.2) is 71.5 Å². The fraction of sp³-hybridized carbons (Fsp3) is 0.217. The number of imidazole rings is 1. The van der Waals surface area contributed by atoms with Crippen molar-refractivity contribution in [3.63, 3.8) is 0 Å². The smallest absolute Gasteiger partial charge is 0.326 e. The molecule has 0 saturated carbocycles. The van der Waals surface area contributed by atoms with Gasteiger partial charge < -0.3 is 15.0 Å². The van der Waals surface area contributed by atoms with Gasteiger partial charge in [-0.15, -0.1) is 0 Å². The summed E-state index contributed by atoms with van der Waals surface area (Å²) in [5, 5.41) is 3.39. The van der Waals surface area contributed by atoms with Crippen molar-refractivity contribution in [3.05, 3.63) is 94.0 Å². The van der Waals surface area contributed by atoms with Gasteiger partial charge in [0.05, 0.1) is 18.7 Å². The number of pyridine rings is 1. The average Bonchev–Trinajstić information content (AvgIpc) is 3.07. The highest BCUT2D eigenvalue weighted by atomic mass is 16.5. The van der Waals surface area contributed by atoms with E-state index in [9.17, 15) is 4.79 Å². The molecule has 6 nitrogen and oxygen atoms in total. The summed E-state index contributed by atoms with van der Waals surface area (Å²) in [5.41, 5.74) is 4.53. The van der Waals surface area contributed by atoms with Gasteiger partial charge in [-0.05, 0) is 17.2 Å². The first-order valence-corrected chi connectivity index (χ1v) is 9.67. The summed E-state index contributed by atoms with van der Waals surface area (Å²) in [6.07, 6.45) is 0.678. The summed E-state index contributed by atoms with van der Waals surface area (Å²) in [7, 11) is 1.68. The topological polar surface area (TPSA) is 71.9 Å². The summed E-state index contributed by atoms with van der Waals surface area (Å²) < 4.78 is 6.98. The second-order valence-electron chi connectivity index (χ2n) is 6.94. The van der Waals surface area contributed by atoms with E-state index in [1.54, 1.807) is 11.7 Å². The first-order valence-electron chi connectivity index (χ1n) is 9.67. The minimum Gasteiger partial charge on any atom is -0.384 e. The molecule has 2 aromatic carbocycles. The normalized spacial score (nSPS) is 11.1. The molecule has 6 heteroatoms. The number of rotatable bonds is 8. The van der Waals surface area contributed by atoms with Gasteiger partial charge in [0.15, 0.2) is 5.82 Å². The summed E-state index contributed by atoms with van der Waals surface area (Å²) in [6, 6.07) is 22.1. The molecule has 0 aliphatic heterocycles. The fourth-order valence-corrected chi connectivity index (χ4v) is 3.37. The van der Waals surface area contributed by atoms with E-state index in [1.165, 1.54) is 0 Å². The number of hydrogen-bond donors (Lipinski definition) is 2. The first-order chi connectivity index (χ1) is 14.2. The number of aromatic amines is 1. The average molecular weight is 388 g/mol. The lowest BCUT2D eigenvalue weighted by Crippen LogP contribution is -2.17. The predicted molar refractivity (Wildman–Crippen MR) is 115 cm³/mol. The molecule has 0 atom stereocenters. The second-order valence-corrected chi connectivity index (χ2v) is 6.94. The van der Waals surface area contributed by atoms with Gasteiger partial charge in [-0.2, -0.15) is 0 Å². The zero-order chi connectivity index (χ0) is 20.1. The highest BCUT2D eigenvalue weighted by molar-refractivity contribution is 5.86. The van der Waals surface area contributed by atoms with Crippen molar-refractivity contribution in [2.75, 3.05) is 19.0 Å². The summed E-state index contributed by atoms with van der Waals surface area (Å²) in [4.78, 5) is 20.4. The van der Waals surface area contributed by atoms with Crippen LogP contribution >= 0.6 is 0 Å². The van der Waals surface area contributed by atoms with E-state index in [0.717, 1.165) is 27.9 Å². The molecule has 0 amide bonds. The Balaban J connectivity index is 1.73. The van der Waals surface area contributed by atoms with Crippen molar-refractivity contribution in [2.45, 2.75) is 19.5 Å². The first kappa shape index (κ1) is 19.0. The number of methoxy groups -OCH3 is 1. The minimum atomic E-state index is -0.141. The number of aromatic nitrogens is 3. The summed E-state index contributed by atoms with van der Waals surface area (Å²) in [5.74, 6) is 0.682. The number of nitrogens with zero attached hydrogens (tertiary/aromatic N) is 2. The molecule has 148 valence electrons. The van der Waals surface area contributed by atoms with Gasteiger partial charge in [0, 0.05) is 25.8 Å². The highest BCUT2D eigenvalue weighted by Gasteiger charge is 2.14. The third kappa shape index (κ3) is 4.38. The van der Waals surface area contributed by atoms with Crippen LogP contribution in [0.3, 0.4) is 0 Å². The number of benzene rings is 2. The van der Waals surface area contributed by atoms with Crippen molar-refractivity contribution < 1.29 is 4.74 Å². The van der Waals surface area contributed by atoms with Crippen LogP contribution in [0.4, 0.5) is 5.82 Å². The fourth-order valence-electron chi connectivity index (χ4n) is 3.37. The number of hydrogen-bond acceptors (Lipinski definition) is 4. The second kappa shape index (κ2) is 8.75. The van der Waals surface area contributed by atoms with E-state index in [1.807, 2.05) is 54.6 Å². The monoisotopic (exact) mass is 388 g/mol. The van der Waals surface area contributed by atoms with Crippen LogP contribution in [-0.4, -0.2) is 28.3 Å². The van der Waals surface area contributed by atoms with Crippen LogP contribution in [0.2, 0.25) is 0 Å². The van der Waals surface area contributed by atoms with Gasteiger partial charge in [0.2, 0.25) is 0 Å². The zero-order valence-electron chi connectivity index (χ0n) is 16.4. The largest absolute Gasteiger partial charge is 0.384 e. The number of nitrogens with one attached hydrogen (secondary N) is 2. The number of fused-ring (bicyclic) bond motifs is 1. The van der Waals surface area contributed by atoms with Crippen molar-refractivity contribution in [3.8, 4) is 0 Å². The molecule has 2 N–H and O–H groups in total. The molecular weight excluding hydrogens is 364 g/mol. The van der Waals surface area contributed by atoms with Crippen LogP contribution < -0.4 is 11.0 Å². The number of ether oxygens (including phenoxy) is 1. The van der Waals surface area contributed by atoms with Crippen LogP contribution in [0, 0.1) is 0 Å². The molecule has 0 saturated heterocycles. The Morgan fingerprint density at radius 2 is 1.72 bits per heavy atom. The van der Waals surface area contributed by atoms with Gasteiger partial charge in [0.25, 0.3) is 0 Å². The molecule has 0 aliphatic carbocycles. The zero-order valence-corrected chi connectivity index (χ0v) is 16.4. The Hall–Kier alpha value is -3.38. The van der Waals surface area contributed by atoms with Gasteiger partial charge in [-0.3, -0.25) is 4.57 Å². The third-order valence-corrected chi connectivity index (χ3v) is 4.87. The summed E-state index contributed by atoms with van der Waals surface area (Å²) >= 11 is 0. The minimum absolute atomic E-state index is 0.141. The molecular formula is C23H24N4O2. The predicted octanol–water partition coefficient (Wildman–Crippen LogP) is 3.57. The molecule has 0 radical (unpaired) electrons. The van der Waals surface area contributed by atoms with Gasteiger partial charge >= 0.3 is 5.69 Å². The van der Waals surface area contributed by atoms with Gasteiger partial charge in [-0.1, -0.05) is 60.7 Å².